The van der Waals surface area contributed by atoms with E-state index in [1.54, 1.807) is 29.1 Å². The van der Waals surface area contributed by atoms with Gasteiger partial charge in [0, 0.05) is 24.5 Å². The Labute approximate surface area is 180 Å². The van der Waals surface area contributed by atoms with Gasteiger partial charge in [-0.25, -0.2) is 17.8 Å². The molecular weight excluding hydrogens is 425 g/mol. The highest BCUT2D eigenvalue weighted by molar-refractivity contribution is 7.99. The molecule has 30 heavy (non-hydrogen) atoms. The highest BCUT2D eigenvalue weighted by Crippen LogP contribution is 2.30. The van der Waals surface area contributed by atoms with Crippen LogP contribution >= 0.6 is 11.8 Å². The molecule has 0 radical (unpaired) electrons. The summed E-state index contributed by atoms with van der Waals surface area (Å²) in [4.78, 5) is 19.4. The third kappa shape index (κ3) is 4.88. The molecule has 2 aromatic rings. The molecule has 4 rings (SSSR count). The van der Waals surface area contributed by atoms with E-state index >= 15 is 0 Å². The van der Waals surface area contributed by atoms with Crippen LogP contribution in [0.25, 0.3) is 5.69 Å². The summed E-state index contributed by atoms with van der Waals surface area (Å²) in [6.07, 6.45) is 9.07. The van der Waals surface area contributed by atoms with Gasteiger partial charge in [-0.15, -0.1) is 0 Å². The van der Waals surface area contributed by atoms with Gasteiger partial charge in [-0.1, -0.05) is 37.1 Å². The van der Waals surface area contributed by atoms with Crippen molar-refractivity contribution < 1.29 is 17.6 Å². The third-order valence-corrected chi connectivity index (χ3v) is 8.58. The lowest BCUT2D eigenvalue weighted by Gasteiger charge is -2.38. The molecule has 0 bridgehead atoms. The summed E-state index contributed by atoms with van der Waals surface area (Å²) < 4.78 is 39.4. The van der Waals surface area contributed by atoms with Crippen molar-refractivity contribution in [2.24, 2.45) is 0 Å². The van der Waals surface area contributed by atoms with Crippen LogP contribution in [0.15, 0.2) is 41.8 Å². The molecule has 2 fully saturated rings. The largest absolute Gasteiger partial charge is 0.335 e. The number of rotatable bonds is 6. The first-order valence-electron chi connectivity index (χ1n) is 10.4. The normalized spacial score (nSPS) is 21.6. The summed E-state index contributed by atoms with van der Waals surface area (Å²) >= 11 is 1.30. The van der Waals surface area contributed by atoms with E-state index in [-0.39, 0.29) is 41.1 Å². The summed E-state index contributed by atoms with van der Waals surface area (Å²) in [5.41, 5.74) is 0.647. The summed E-state index contributed by atoms with van der Waals surface area (Å²) in [6.45, 7) is 0. The topological polar surface area (TPSA) is 72.3 Å². The van der Waals surface area contributed by atoms with Gasteiger partial charge in [-0.05, 0) is 37.5 Å². The molecule has 0 spiro atoms. The molecule has 1 amide bonds. The van der Waals surface area contributed by atoms with Crippen molar-refractivity contribution in [3.05, 3.63) is 42.5 Å². The van der Waals surface area contributed by atoms with Gasteiger partial charge in [-0.3, -0.25) is 9.36 Å². The van der Waals surface area contributed by atoms with Gasteiger partial charge in [-0.2, -0.15) is 0 Å². The van der Waals surface area contributed by atoms with E-state index in [4.69, 9.17) is 0 Å². The fourth-order valence-electron chi connectivity index (χ4n) is 4.48. The van der Waals surface area contributed by atoms with Crippen LogP contribution in [0, 0.1) is 5.82 Å². The van der Waals surface area contributed by atoms with Gasteiger partial charge in [0.1, 0.15) is 5.82 Å². The highest BCUT2D eigenvalue weighted by atomic mass is 32.2. The van der Waals surface area contributed by atoms with Crippen LogP contribution in [0.2, 0.25) is 0 Å². The Morgan fingerprint density at radius 1 is 1.20 bits per heavy atom. The highest BCUT2D eigenvalue weighted by Gasteiger charge is 2.38. The Hall–Kier alpha value is -1.87. The van der Waals surface area contributed by atoms with Crippen molar-refractivity contribution >= 4 is 27.5 Å². The second-order valence-electron chi connectivity index (χ2n) is 8.00. The Morgan fingerprint density at radius 3 is 2.70 bits per heavy atom. The number of sulfone groups is 1. The number of carbonyl (C=O) groups is 1. The number of hydrogen-bond acceptors (Lipinski definition) is 5. The fourth-order valence-corrected chi connectivity index (χ4v) is 7.03. The molecule has 1 aromatic heterocycles. The predicted molar refractivity (Wildman–Crippen MR) is 115 cm³/mol. The maximum Gasteiger partial charge on any atom is 0.233 e. The average Bonchev–Trinajstić information content (AvgIpc) is 3.33. The van der Waals surface area contributed by atoms with Gasteiger partial charge in [0.05, 0.1) is 22.9 Å². The zero-order valence-electron chi connectivity index (χ0n) is 16.7. The third-order valence-electron chi connectivity index (χ3n) is 5.88. The molecule has 162 valence electrons. The van der Waals surface area contributed by atoms with Gasteiger partial charge >= 0.3 is 0 Å². The molecule has 0 N–H and O–H groups in total. The Bertz CT molecular complexity index is 1000. The number of hydrogen-bond donors (Lipinski definition) is 0. The second-order valence-corrected chi connectivity index (χ2v) is 11.2. The van der Waals surface area contributed by atoms with E-state index in [2.05, 4.69) is 4.98 Å². The molecule has 1 atom stereocenters. The van der Waals surface area contributed by atoms with E-state index in [0.717, 1.165) is 25.7 Å². The van der Waals surface area contributed by atoms with E-state index in [1.807, 2.05) is 4.90 Å². The smallest absolute Gasteiger partial charge is 0.233 e. The summed E-state index contributed by atoms with van der Waals surface area (Å²) in [7, 11) is -3.07. The van der Waals surface area contributed by atoms with Crippen LogP contribution in [0.4, 0.5) is 4.39 Å². The maximum absolute atomic E-state index is 13.6. The lowest BCUT2D eigenvalue weighted by molar-refractivity contribution is -0.133. The van der Waals surface area contributed by atoms with E-state index in [1.165, 1.54) is 30.3 Å². The number of halogens is 1. The van der Waals surface area contributed by atoms with Crippen molar-refractivity contribution in [3.63, 3.8) is 0 Å². The van der Waals surface area contributed by atoms with E-state index < -0.39 is 9.84 Å². The number of nitrogens with zero attached hydrogens (tertiary/aromatic N) is 3. The molecule has 2 heterocycles. The number of benzene rings is 1. The number of carbonyl (C=O) groups excluding carboxylic acids is 1. The second kappa shape index (κ2) is 9.09. The van der Waals surface area contributed by atoms with Crippen LogP contribution in [0.1, 0.15) is 38.5 Å². The predicted octanol–water partition coefficient (Wildman–Crippen LogP) is 3.45. The number of imidazole rings is 1. The van der Waals surface area contributed by atoms with Crippen molar-refractivity contribution in [2.45, 2.75) is 55.8 Å². The summed E-state index contributed by atoms with van der Waals surface area (Å²) in [5, 5.41) is 0.608. The fraction of sp³-hybridized carbons (Fsp3) is 0.524. The summed E-state index contributed by atoms with van der Waals surface area (Å²) in [5.74, 6) is 0.0320. The van der Waals surface area contributed by atoms with Crippen molar-refractivity contribution in [1.29, 1.82) is 0 Å². The minimum atomic E-state index is -3.07. The zero-order chi connectivity index (χ0) is 21.1. The van der Waals surface area contributed by atoms with Crippen LogP contribution in [0.3, 0.4) is 0 Å². The first kappa shape index (κ1) is 21.4. The van der Waals surface area contributed by atoms with Crippen molar-refractivity contribution in [1.82, 2.24) is 14.5 Å². The molecule has 6 nitrogen and oxygen atoms in total. The molecular formula is C21H26FN3O3S2. The van der Waals surface area contributed by atoms with Crippen LogP contribution in [0.5, 0.6) is 0 Å². The molecule has 1 saturated heterocycles. The summed E-state index contributed by atoms with van der Waals surface area (Å²) in [6, 6.07) is 6.12. The lowest BCUT2D eigenvalue weighted by Crippen LogP contribution is -2.49. The molecule has 1 aliphatic heterocycles. The van der Waals surface area contributed by atoms with E-state index in [9.17, 15) is 17.6 Å². The monoisotopic (exact) mass is 451 g/mol. The molecule has 1 unspecified atom stereocenters. The lowest BCUT2D eigenvalue weighted by atomic mass is 9.93. The Morgan fingerprint density at radius 2 is 2.00 bits per heavy atom. The number of amides is 1. The van der Waals surface area contributed by atoms with Crippen LogP contribution in [-0.4, -0.2) is 58.1 Å². The number of aromatic nitrogens is 2. The molecule has 1 aromatic carbocycles. The molecule has 1 saturated carbocycles. The standard InChI is InChI=1S/C21H26FN3O3S2/c22-16-5-4-8-18(13-16)24-11-10-23-21(24)29-14-20(26)25(17-6-2-1-3-7-17)19-9-12-30(27,28)15-19/h4-5,8,10-11,13,17,19H,1-3,6-7,9,12,14-15H2. The average molecular weight is 452 g/mol. The Balaban J connectivity index is 1.49. The Kier molecular flexibility index (Phi) is 6.48. The molecule has 2 aliphatic rings. The van der Waals surface area contributed by atoms with Gasteiger partial charge in [0.2, 0.25) is 5.91 Å². The first-order valence-corrected chi connectivity index (χ1v) is 13.2. The molecule has 1 aliphatic carbocycles. The number of thioether (sulfide) groups is 1. The van der Waals surface area contributed by atoms with E-state index in [0.29, 0.717) is 17.3 Å². The maximum atomic E-state index is 13.6. The SMILES string of the molecule is O=C(CSc1nccn1-c1cccc(F)c1)N(C1CCCCC1)C1CCS(=O)(=O)C1. The minimum Gasteiger partial charge on any atom is -0.335 e. The van der Waals surface area contributed by atoms with Gasteiger partial charge in [0.15, 0.2) is 15.0 Å². The van der Waals surface area contributed by atoms with Crippen LogP contribution < -0.4 is 0 Å². The zero-order valence-corrected chi connectivity index (χ0v) is 18.4. The first-order chi connectivity index (χ1) is 14.4. The van der Waals surface area contributed by atoms with Crippen LogP contribution in [-0.2, 0) is 14.6 Å². The van der Waals surface area contributed by atoms with Crippen molar-refractivity contribution in [2.75, 3.05) is 17.3 Å². The van der Waals surface area contributed by atoms with Gasteiger partial charge < -0.3 is 4.90 Å². The quantitative estimate of drug-likeness (QED) is 0.629. The molecule has 9 heteroatoms. The van der Waals surface area contributed by atoms with Gasteiger partial charge in [0.25, 0.3) is 0 Å². The van der Waals surface area contributed by atoms with Crippen molar-refractivity contribution in [3.8, 4) is 5.69 Å². The minimum absolute atomic E-state index is 0.0391.